The van der Waals surface area contributed by atoms with E-state index in [1.165, 1.54) is 10.5 Å². The van der Waals surface area contributed by atoms with Crippen molar-refractivity contribution in [3.8, 4) is 11.4 Å². The third kappa shape index (κ3) is 3.51. The Morgan fingerprint density at radius 2 is 1.73 bits per heavy atom. The van der Waals surface area contributed by atoms with Crippen molar-refractivity contribution in [2.75, 3.05) is 0 Å². The van der Waals surface area contributed by atoms with Gasteiger partial charge in [-0.1, -0.05) is 34.5 Å². The molecule has 112 valence electrons. The van der Waals surface area contributed by atoms with Gasteiger partial charge in [-0.25, -0.2) is 0 Å². The average Bonchev–Trinajstić information content (AvgIpc) is 3.00. The first kappa shape index (κ1) is 15.1. The maximum atomic E-state index is 5.89. The molecule has 0 aliphatic heterocycles. The van der Waals surface area contributed by atoms with Gasteiger partial charge in [0.2, 0.25) is 11.7 Å². The summed E-state index contributed by atoms with van der Waals surface area (Å²) in [4.78, 5) is 5.67. The maximum absolute atomic E-state index is 5.89. The Morgan fingerprint density at radius 3 is 2.41 bits per heavy atom. The summed E-state index contributed by atoms with van der Waals surface area (Å²) in [6, 6.07) is 15.8. The molecule has 0 saturated heterocycles. The van der Waals surface area contributed by atoms with Gasteiger partial charge >= 0.3 is 0 Å². The molecule has 22 heavy (non-hydrogen) atoms. The van der Waals surface area contributed by atoms with E-state index in [0.717, 1.165) is 5.56 Å². The van der Waals surface area contributed by atoms with Crippen molar-refractivity contribution in [2.24, 2.45) is 0 Å². The smallest absolute Gasteiger partial charge is 0.240 e. The molecule has 0 N–H and O–H groups in total. The highest BCUT2D eigenvalue weighted by atomic mass is 35.5. The standard InChI is InChI=1S/C17H15ClN2OS/c1-11-3-9-15(10-4-11)22-12(2)17-19-16(20-21-17)13-5-7-14(18)8-6-13/h3-10,12H,1-2H3. The van der Waals surface area contributed by atoms with E-state index < -0.39 is 0 Å². The molecule has 0 saturated carbocycles. The number of aromatic nitrogens is 2. The van der Waals surface area contributed by atoms with Gasteiger partial charge in [0.05, 0.1) is 5.25 Å². The molecule has 0 amide bonds. The Balaban J connectivity index is 1.75. The molecule has 1 heterocycles. The lowest BCUT2D eigenvalue weighted by molar-refractivity contribution is 0.381. The molecule has 0 bridgehead atoms. The van der Waals surface area contributed by atoms with E-state index in [0.29, 0.717) is 16.7 Å². The Morgan fingerprint density at radius 1 is 1.05 bits per heavy atom. The van der Waals surface area contributed by atoms with Gasteiger partial charge in [-0.05, 0) is 50.2 Å². The zero-order valence-electron chi connectivity index (χ0n) is 12.3. The van der Waals surface area contributed by atoms with Crippen LogP contribution in [0.2, 0.25) is 5.02 Å². The second-order valence-corrected chi connectivity index (χ2v) is 6.89. The van der Waals surface area contributed by atoms with Crippen molar-refractivity contribution in [3.05, 3.63) is 65.0 Å². The lowest BCUT2D eigenvalue weighted by atomic mass is 10.2. The number of halogens is 1. The van der Waals surface area contributed by atoms with E-state index in [2.05, 4.69) is 48.3 Å². The van der Waals surface area contributed by atoms with Crippen molar-refractivity contribution in [1.29, 1.82) is 0 Å². The summed E-state index contributed by atoms with van der Waals surface area (Å²) < 4.78 is 5.39. The Bertz CT molecular complexity index is 753. The van der Waals surface area contributed by atoms with Crippen molar-refractivity contribution in [2.45, 2.75) is 24.0 Å². The number of hydrogen-bond donors (Lipinski definition) is 0. The van der Waals surface area contributed by atoms with Crippen LogP contribution in [-0.4, -0.2) is 10.1 Å². The highest BCUT2D eigenvalue weighted by Crippen LogP contribution is 2.34. The van der Waals surface area contributed by atoms with Crippen LogP contribution in [0.3, 0.4) is 0 Å². The molecule has 3 aromatic rings. The van der Waals surface area contributed by atoms with Gasteiger partial charge in [-0.15, -0.1) is 11.8 Å². The Labute approximate surface area is 138 Å². The monoisotopic (exact) mass is 330 g/mol. The SMILES string of the molecule is Cc1ccc(SC(C)c2nc(-c3ccc(Cl)cc3)no2)cc1. The van der Waals surface area contributed by atoms with Crippen LogP contribution in [0.1, 0.15) is 23.6 Å². The number of benzene rings is 2. The van der Waals surface area contributed by atoms with E-state index >= 15 is 0 Å². The van der Waals surface area contributed by atoms with Crippen LogP contribution in [0.25, 0.3) is 11.4 Å². The van der Waals surface area contributed by atoms with Crippen molar-refractivity contribution in [1.82, 2.24) is 10.1 Å². The van der Waals surface area contributed by atoms with E-state index in [-0.39, 0.29) is 5.25 Å². The maximum Gasteiger partial charge on any atom is 0.240 e. The molecule has 1 atom stereocenters. The first-order chi connectivity index (χ1) is 10.6. The third-order valence-electron chi connectivity index (χ3n) is 3.23. The summed E-state index contributed by atoms with van der Waals surface area (Å²) in [7, 11) is 0. The lowest BCUT2D eigenvalue weighted by Gasteiger charge is -2.06. The van der Waals surface area contributed by atoms with E-state index in [1.807, 2.05) is 24.3 Å². The third-order valence-corrected chi connectivity index (χ3v) is 4.58. The zero-order valence-corrected chi connectivity index (χ0v) is 13.9. The first-order valence-electron chi connectivity index (χ1n) is 6.95. The predicted molar refractivity (Wildman–Crippen MR) is 90.2 cm³/mol. The van der Waals surface area contributed by atoms with Gasteiger partial charge in [0.25, 0.3) is 0 Å². The second-order valence-electron chi connectivity index (χ2n) is 5.04. The molecule has 5 heteroatoms. The first-order valence-corrected chi connectivity index (χ1v) is 8.20. The molecule has 0 aliphatic rings. The topological polar surface area (TPSA) is 38.9 Å². The zero-order chi connectivity index (χ0) is 15.5. The van der Waals surface area contributed by atoms with Crippen molar-refractivity contribution in [3.63, 3.8) is 0 Å². The molecule has 3 nitrogen and oxygen atoms in total. The molecular formula is C17H15ClN2OS. The quantitative estimate of drug-likeness (QED) is 0.588. The highest BCUT2D eigenvalue weighted by molar-refractivity contribution is 7.99. The van der Waals surface area contributed by atoms with Crippen molar-refractivity contribution < 1.29 is 4.52 Å². The number of nitrogens with zero attached hydrogens (tertiary/aromatic N) is 2. The molecule has 3 rings (SSSR count). The second kappa shape index (κ2) is 6.55. The normalized spacial score (nSPS) is 12.3. The summed E-state index contributed by atoms with van der Waals surface area (Å²) in [5.74, 6) is 1.21. The Kier molecular flexibility index (Phi) is 4.50. The fraction of sp³-hybridized carbons (Fsp3) is 0.176. The van der Waals surface area contributed by atoms with Gasteiger partial charge in [0.1, 0.15) is 0 Å². The minimum absolute atomic E-state index is 0.0938. The number of thioether (sulfide) groups is 1. The molecule has 1 unspecified atom stereocenters. The van der Waals surface area contributed by atoms with Crippen LogP contribution in [0, 0.1) is 6.92 Å². The Hall–Kier alpha value is -1.78. The van der Waals surface area contributed by atoms with Gasteiger partial charge in [0, 0.05) is 15.5 Å². The van der Waals surface area contributed by atoms with Crippen LogP contribution in [0.5, 0.6) is 0 Å². The van der Waals surface area contributed by atoms with Crippen LogP contribution < -0.4 is 0 Å². The summed E-state index contributed by atoms with van der Waals surface area (Å²) in [6.07, 6.45) is 0. The molecular weight excluding hydrogens is 316 g/mol. The number of rotatable bonds is 4. The van der Waals surface area contributed by atoms with Gasteiger partial charge in [-0.2, -0.15) is 4.98 Å². The molecule has 0 fully saturated rings. The number of aryl methyl sites for hydroxylation is 1. The lowest BCUT2D eigenvalue weighted by Crippen LogP contribution is -1.89. The summed E-state index contributed by atoms with van der Waals surface area (Å²) in [5, 5.41) is 4.83. The predicted octanol–water partition coefficient (Wildman–Crippen LogP) is 5.55. The summed E-state index contributed by atoms with van der Waals surface area (Å²) in [6.45, 7) is 4.14. The van der Waals surface area contributed by atoms with Crippen LogP contribution >= 0.6 is 23.4 Å². The van der Waals surface area contributed by atoms with Crippen LogP contribution in [0.4, 0.5) is 0 Å². The van der Waals surface area contributed by atoms with Crippen LogP contribution in [0.15, 0.2) is 57.9 Å². The molecule has 1 aromatic heterocycles. The molecule has 0 radical (unpaired) electrons. The summed E-state index contributed by atoms with van der Waals surface area (Å²) in [5.41, 5.74) is 2.15. The van der Waals surface area contributed by atoms with Gasteiger partial charge in [-0.3, -0.25) is 0 Å². The van der Waals surface area contributed by atoms with E-state index in [9.17, 15) is 0 Å². The largest absolute Gasteiger partial charge is 0.338 e. The minimum atomic E-state index is 0.0938. The average molecular weight is 331 g/mol. The van der Waals surface area contributed by atoms with Gasteiger partial charge < -0.3 is 4.52 Å². The van der Waals surface area contributed by atoms with Gasteiger partial charge in [0.15, 0.2) is 0 Å². The fourth-order valence-corrected chi connectivity index (χ4v) is 3.01. The molecule has 2 aromatic carbocycles. The molecule has 0 aliphatic carbocycles. The van der Waals surface area contributed by atoms with E-state index in [1.54, 1.807) is 11.8 Å². The number of hydrogen-bond acceptors (Lipinski definition) is 4. The minimum Gasteiger partial charge on any atom is -0.338 e. The fourth-order valence-electron chi connectivity index (χ4n) is 1.99. The van der Waals surface area contributed by atoms with Crippen LogP contribution in [-0.2, 0) is 0 Å². The van der Waals surface area contributed by atoms with Crippen molar-refractivity contribution >= 4 is 23.4 Å². The highest BCUT2D eigenvalue weighted by Gasteiger charge is 2.16. The molecule has 0 spiro atoms. The summed E-state index contributed by atoms with van der Waals surface area (Å²) >= 11 is 7.59. The van der Waals surface area contributed by atoms with E-state index in [4.69, 9.17) is 16.1 Å².